The average molecular weight is 422 g/mol. The van der Waals surface area contributed by atoms with E-state index in [-0.39, 0.29) is 23.8 Å². The molecule has 2 aliphatic heterocycles. The van der Waals surface area contributed by atoms with Crippen molar-refractivity contribution >= 4 is 21.8 Å². The summed E-state index contributed by atoms with van der Waals surface area (Å²) in [4.78, 5) is 27.7. The maximum atomic E-state index is 13.1. The maximum absolute atomic E-state index is 13.1. The van der Waals surface area contributed by atoms with E-state index < -0.39 is 16.1 Å². The summed E-state index contributed by atoms with van der Waals surface area (Å²) in [5.74, 6) is 0.0830. The van der Waals surface area contributed by atoms with Gasteiger partial charge in [0.05, 0.1) is 6.26 Å². The van der Waals surface area contributed by atoms with E-state index >= 15 is 0 Å². The van der Waals surface area contributed by atoms with E-state index in [1.165, 1.54) is 10.6 Å². The van der Waals surface area contributed by atoms with Crippen LogP contribution in [-0.2, 0) is 32.6 Å². The Morgan fingerprint density at radius 1 is 1.14 bits per heavy atom. The number of rotatable bonds is 5. The van der Waals surface area contributed by atoms with Gasteiger partial charge in [-0.1, -0.05) is 38.1 Å². The highest BCUT2D eigenvalue weighted by atomic mass is 32.2. The van der Waals surface area contributed by atoms with Crippen LogP contribution in [-0.4, -0.2) is 60.9 Å². The van der Waals surface area contributed by atoms with Crippen LogP contribution >= 0.6 is 0 Å². The molecule has 0 radical (unpaired) electrons. The van der Waals surface area contributed by atoms with Gasteiger partial charge in [-0.3, -0.25) is 9.59 Å². The Hall–Kier alpha value is -1.93. The predicted molar refractivity (Wildman–Crippen MR) is 112 cm³/mol. The van der Waals surface area contributed by atoms with Gasteiger partial charge in [0.15, 0.2) is 0 Å². The van der Waals surface area contributed by atoms with E-state index in [0.717, 1.165) is 11.1 Å². The molecule has 1 aromatic carbocycles. The summed E-state index contributed by atoms with van der Waals surface area (Å²) in [5.41, 5.74) is 2.20. The van der Waals surface area contributed by atoms with Gasteiger partial charge in [0.1, 0.15) is 6.04 Å². The van der Waals surface area contributed by atoms with Crippen molar-refractivity contribution in [2.45, 2.75) is 58.2 Å². The molecule has 0 aliphatic carbocycles. The first-order valence-corrected chi connectivity index (χ1v) is 12.1. The van der Waals surface area contributed by atoms with E-state index in [1.54, 1.807) is 4.90 Å². The van der Waals surface area contributed by atoms with Gasteiger partial charge in [-0.2, -0.15) is 0 Å². The summed E-state index contributed by atoms with van der Waals surface area (Å²) in [6, 6.07) is 7.36. The number of nitrogens with zero attached hydrogens (tertiary/aromatic N) is 2. The monoisotopic (exact) mass is 421 g/mol. The number of hydrogen-bond acceptors (Lipinski definition) is 4. The molecular formula is C21H31N3O4S. The second-order valence-electron chi connectivity index (χ2n) is 8.55. The topological polar surface area (TPSA) is 86.8 Å². The van der Waals surface area contributed by atoms with Crippen molar-refractivity contribution in [3.05, 3.63) is 35.4 Å². The maximum Gasteiger partial charge on any atom is 0.243 e. The molecular weight excluding hydrogens is 390 g/mol. The third-order valence-corrected chi connectivity index (χ3v) is 7.03. The van der Waals surface area contributed by atoms with Gasteiger partial charge in [-0.15, -0.1) is 0 Å². The lowest BCUT2D eigenvalue weighted by molar-refractivity contribution is -0.142. The molecule has 1 aromatic rings. The standard InChI is InChI=1S/C21H31N3O4S/c1-15(2)12-20(25)24-14-17-7-5-4-6-16(17)13-19(24)21(26)22-18-8-10-23(11-9-18)29(3,27)28/h4-7,15,18-19H,8-14H2,1-3H3,(H,22,26). The van der Waals surface area contributed by atoms with Crippen LogP contribution in [0.3, 0.4) is 0 Å². The number of hydrogen-bond donors (Lipinski definition) is 1. The highest BCUT2D eigenvalue weighted by molar-refractivity contribution is 7.88. The fourth-order valence-corrected chi connectivity index (χ4v) is 4.99. The number of carbonyl (C=O) groups is 2. The molecule has 2 heterocycles. The lowest BCUT2D eigenvalue weighted by Gasteiger charge is -2.38. The molecule has 7 nitrogen and oxygen atoms in total. The molecule has 2 amide bonds. The van der Waals surface area contributed by atoms with Crippen molar-refractivity contribution in [1.29, 1.82) is 0 Å². The fraction of sp³-hybridized carbons (Fsp3) is 0.619. The van der Waals surface area contributed by atoms with E-state index in [1.807, 2.05) is 38.1 Å². The molecule has 29 heavy (non-hydrogen) atoms. The number of benzene rings is 1. The van der Waals surface area contributed by atoms with E-state index in [0.29, 0.717) is 45.3 Å². The molecule has 1 unspecified atom stereocenters. The minimum atomic E-state index is -3.20. The lowest BCUT2D eigenvalue weighted by Crippen LogP contribution is -2.56. The molecule has 0 aromatic heterocycles. The smallest absolute Gasteiger partial charge is 0.243 e. The van der Waals surface area contributed by atoms with E-state index in [9.17, 15) is 18.0 Å². The molecule has 8 heteroatoms. The van der Waals surface area contributed by atoms with Crippen molar-refractivity contribution in [3.8, 4) is 0 Å². The number of nitrogens with one attached hydrogen (secondary N) is 1. The summed E-state index contributed by atoms with van der Waals surface area (Å²) in [6.07, 6.45) is 3.31. The van der Waals surface area contributed by atoms with E-state index in [4.69, 9.17) is 0 Å². The average Bonchev–Trinajstić information content (AvgIpc) is 2.66. The van der Waals surface area contributed by atoms with Gasteiger partial charge in [0.25, 0.3) is 0 Å². The quantitative estimate of drug-likeness (QED) is 0.781. The highest BCUT2D eigenvalue weighted by Gasteiger charge is 2.36. The van der Waals surface area contributed by atoms with Crippen molar-refractivity contribution in [2.24, 2.45) is 5.92 Å². The van der Waals surface area contributed by atoms with Crippen LogP contribution < -0.4 is 5.32 Å². The number of fused-ring (bicyclic) bond motifs is 1. The first-order valence-electron chi connectivity index (χ1n) is 10.3. The van der Waals surface area contributed by atoms with Gasteiger partial charge in [0.2, 0.25) is 21.8 Å². The summed E-state index contributed by atoms with van der Waals surface area (Å²) in [6.45, 7) is 5.27. The number of amides is 2. The molecule has 1 saturated heterocycles. The number of sulfonamides is 1. The highest BCUT2D eigenvalue weighted by Crippen LogP contribution is 2.25. The molecule has 1 fully saturated rings. The molecule has 0 saturated carbocycles. The van der Waals surface area contributed by atoms with Gasteiger partial charge < -0.3 is 10.2 Å². The second-order valence-corrected chi connectivity index (χ2v) is 10.5. The van der Waals surface area contributed by atoms with Crippen LogP contribution in [0.4, 0.5) is 0 Å². The first kappa shape index (κ1) is 21.8. The zero-order valence-corrected chi connectivity index (χ0v) is 18.2. The van der Waals surface area contributed by atoms with Crippen molar-refractivity contribution in [1.82, 2.24) is 14.5 Å². The number of carbonyl (C=O) groups excluding carboxylic acids is 2. The Kier molecular flexibility index (Phi) is 6.63. The van der Waals surface area contributed by atoms with Gasteiger partial charge in [-0.05, 0) is 29.9 Å². The third-order valence-electron chi connectivity index (χ3n) is 5.72. The predicted octanol–water partition coefficient (Wildman–Crippen LogP) is 1.53. The molecule has 160 valence electrons. The van der Waals surface area contributed by atoms with Gasteiger partial charge >= 0.3 is 0 Å². The van der Waals surface area contributed by atoms with Crippen LogP contribution in [0, 0.1) is 5.92 Å². The SMILES string of the molecule is CC(C)CC(=O)N1Cc2ccccc2CC1C(=O)NC1CCN(S(C)(=O)=O)CC1. The third kappa shape index (κ3) is 5.36. The van der Waals surface area contributed by atoms with Crippen molar-refractivity contribution in [2.75, 3.05) is 19.3 Å². The minimum absolute atomic E-state index is 0.00143. The van der Waals surface area contributed by atoms with Crippen molar-refractivity contribution in [3.63, 3.8) is 0 Å². The van der Waals surface area contributed by atoms with Gasteiger partial charge in [-0.25, -0.2) is 12.7 Å². The van der Waals surface area contributed by atoms with Crippen LogP contribution in [0.1, 0.15) is 44.2 Å². The Morgan fingerprint density at radius 2 is 1.76 bits per heavy atom. The Balaban J connectivity index is 1.70. The normalized spacial score (nSPS) is 21.1. The van der Waals surface area contributed by atoms with Crippen LogP contribution in [0.25, 0.3) is 0 Å². The molecule has 3 rings (SSSR count). The summed E-state index contributed by atoms with van der Waals surface area (Å²) in [5, 5.41) is 3.08. The van der Waals surface area contributed by atoms with E-state index in [2.05, 4.69) is 5.32 Å². The Bertz CT molecular complexity index is 860. The second kappa shape index (κ2) is 8.83. The number of piperidine rings is 1. The molecule has 0 spiro atoms. The van der Waals surface area contributed by atoms with Crippen LogP contribution in [0.15, 0.2) is 24.3 Å². The zero-order chi connectivity index (χ0) is 21.2. The molecule has 0 bridgehead atoms. The van der Waals surface area contributed by atoms with Crippen molar-refractivity contribution < 1.29 is 18.0 Å². The largest absolute Gasteiger partial charge is 0.351 e. The fourth-order valence-electron chi connectivity index (χ4n) is 4.11. The summed E-state index contributed by atoms with van der Waals surface area (Å²) < 4.78 is 24.8. The lowest BCUT2D eigenvalue weighted by atomic mass is 9.92. The summed E-state index contributed by atoms with van der Waals surface area (Å²) in [7, 11) is -3.20. The van der Waals surface area contributed by atoms with Gasteiger partial charge in [0, 0.05) is 38.5 Å². The minimum Gasteiger partial charge on any atom is -0.351 e. The van der Waals surface area contributed by atoms with Crippen LogP contribution in [0.2, 0.25) is 0 Å². The summed E-state index contributed by atoms with van der Waals surface area (Å²) >= 11 is 0. The Morgan fingerprint density at radius 3 is 2.34 bits per heavy atom. The molecule has 1 N–H and O–H groups in total. The Labute approximate surface area is 173 Å². The zero-order valence-electron chi connectivity index (χ0n) is 17.4. The van der Waals surface area contributed by atoms with Crippen LogP contribution in [0.5, 0.6) is 0 Å². The first-order chi connectivity index (χ1) is 13.6. The molecule has 1 atom stereocenters. The molecule has 2 aliphatic rings.